The van der Waals surface area contributed by atoms with Crippen LogP contribution in [0.2, 0.25) is 0 Å². The summed E-state index contributed by atoms with van der Waals surface area (Å²) in [6.45, 7) is 4.61. The first-order chi connectivity index (χ1) is 24.1. The quantitative estimate of drug-likeness (QED) is 0.0785. The molecule has 1 aliphatic rings. The molecular formula is C38H35N5O5S2. The third kappa shape index (κ3) is 6.52. The molecule has 3 heterocycles. The average Bonchev–Trinajstić information content (AvgIpc) is 3.73. The molecule has 0 radical (unpaired) electrons. The number of imidazole rings is 1. The summed E-state index contributed by atoms with van der Waals surface area (Å²) in [4.78, 5) is 21.3. The summed E-state index contributed by atoms with van der Waals surface area (Å²) < 4.78 is 45.9. The van der Waals surface area contributed by atoms with E-state index in [-0.39, 0.29) is 18.7 Å². The van der Waals surface area contributed by atoms with E-state index < -0.39 is 15.9 Å². The van der Waals surface area contributed by atoms with Crippen LogP contribution in [0.15, 0.2) is 109 Å². The fraction of sp³-hybridized carbons (Fsp3) is 0.184. The minimum atomic E-state index is -4.40. The second-order valence-corrected chi connectivity index (χ2v) is 14.5. The zero-order chi connectivity index (χ0) is 35.0. The van der Waals surface area contributed by atoms with E-state index in [9.17, 15) is 17.8 Å². The number of para-hydroxylation sites is 2. The third-order valence-corrected chi connectivity index (χ3v) is 10.4. The minimum Gasteiger partial charge on any atom is -0.748 e. The number of Topliss-reactive ketones (excluding diaryl/α,β-unsaturated/α-hetero) is 1. The Bertz CT molecular complexity index is 2380. The Balaban J connectivity index is 1.27. The lowest BCUT2D eigenvalue weighted by molar-refractivity contribution is -0.673. The van der Waals surface area contributed by atoms with Crippen molar-refractivity contribution < 1.29 is 27.1 Å². The van der Waals surface area contributed by atoms with E-state index in [1.165, 1.54) is 18.3 Å². The van der Waals surface area contributed by atoms with Gasteiger partial charge in [-0.15, -0.1) is 0 Å². The molecule has 0 amide bonds. The van der Waals surface area contributed by atoms with Gasteiger partial charge in [0.25, 0.3) is 11.0 Å². The number of carbonyl (C=O) groups is 1. The first-order valence-corrected chi connectivity index (χ1v) is 18.7. The number of fused-ring (bicyclic) bond motifs is 3. The second kappa shape index (κ2) is 13.5. The summed E-state index contributed by atoms with van der Waals surface area (Å²) in [5, 5.41) is 0.586. The standard InChI is InChI=1S/C38H35N5O5S2/c1-4-41-31-21-19-29(48-38-39-30-14-8-9-15-35(30)49-38)25-33(31)40(3)36(41)16-10-17-37-42(22-11-23-50(45,46)47)34-24-27(26(2)44)18-20-32(34)43(37)28-12-6-5-7-13-28/h5-10,12-21,24-25H,4,11,22-23H2,1-3H3. The molecule has 254 valence electrons. The van der Waals surface area contributed by atoms with E-state index >= 15 is 0 Å². The van der Waals surface area contributed by atoms with Gasteiger partial charge in [-0.05, 0) is 74.9 Å². The van der Waals surface area contributed by atoms with Crippen molar-refractivity contribution in [1.29, 1.82) is 0 Å². The van der Waals surface area contributed by atoms with Crippen molar-refractivity contribution >= 4 is 65.9 Å². The van der Waals surface area contributed by atoms with Crippen LogP contribution in [0.5, 0.6) is 10.9 Å². The van der Waals surface area contributed by atoms with Crippen LogP contribution in [-0.2, 0) is 16.7 Å². The van der Waals surface area contributed by atoms with Crippen LogP contribution in [0.25, 0.3) is 33.0 Å². The Morgan fingerprint density at radius 1 is 1.00 bits per heavy atom. The van der Waals surface area contributed by atoms with Gasteiger partial charge in [-0.25, -0.2) is 18.0 Å². The van der Waals surface area contributed by atoms with Crippen LogP contribution >= 0.6 is 11.3 Å². The van der Waals surface area contributed by atoms with Crippen molar-refractivity contribution in [3.05, 3.63) is 120 Å². The first-order valence-electron chi connectivity index (χ1n) is 16.3. The van der Waals surface area contributed by atoms with Gasteiger partial charge < -0.3 is 19.1 Å². The highest BCUT2D eigenvalue weighted by atomic mass is 32.2. The molecule has 0 bridgehead atoms. The highest BCUT2D eigenvalue weighted by Gasteiger charge is 2.29. The highest BCUT2D eigenvalue weighted by molar-refractivity contribution is 7.85. The lowest BCUT2D eigenvalue weighted by Crippen LogP contribution is -2.37. The van der Waals surface area contributed by atoms with Gasteiger partial charge >= 0.3 is 0 Å². The van der Waals surface area contributed by atoms with Crippen LogP contribution in [0.1, 0.15) is 36.5 Å². The van der Waals surface area contributed by atoms with Gasteiger partial charge in [-0.2, -0.15) is 4.57 Å². The van der Waals surface area contributed by atoms with Crippen LogP contribution in [-0.4, -0.2) is 47.7 Å². The van der Waals surface area contributed by atoms with E-state index in [1.807, 2.05) is 109 Å². The maximum absolute atomic E-state index is 12.4. The normalized spacial score (nSPS) is 14.0. The first kappa shape index (κ1) is 33.2. The number of benzene rings is 4. The summed E-state index contributed by atoms with van der Waals surface area (Å²) >= 11 is 1.51. The molecule has 0 fully saturated rings. The molecule has 0 N–H and O–H groups in total. The highest BCUT2D eigenvalue weighted by Crippen LogP contribution is 2.43. The molecule has 50 heavy (non-hydrogen) atoms. The molecule has 12 heteroatoms. The summed E-state index contributed by atoms with van der Waals surface area (Å²) in [7, 11) is -2.38. The maximum Gasteiger partial charge on any atom is 0.287 e. The largest absolute Gasteiger partial charge is 0.748 e. The van der Waals surface area contributed by atoms with E-state index in [0.717, 1.165) is 56.5 Å². The number of ketones is 1. The SMILES string of the molecule is CCN1/C(=C\C=C\c2n(-c3ccccc3)c3ccc(C(C)=O)cc3[n+]2CCCS(=O)(=O)[O-])N(C)c2cc(Oc3nc4ccccc4s3)ccc21. The predicted octanol–water partition coefficient (Wildman–Crippen LogP) is 7.29. The molecule has 0 saturated carbocycles. The molecule has 0 unspecified atom stereocenters. The summed E-state index contributed by atoms with van der Waals surface area (Å²) in [6.07, 6.45) is 6.11. The fourth-order valence-corrected chi connectivity index (χ4v) is 7.72. The molecule has 7 rings (SSSR count). The van der Waals surface area contributed by atoms with Gasteiger partial charge in [-0.3, -0.25) is 4.79 Å². The fourth-order valence-electron chi connectivity index (χ4n) is 6.40. The lowest BCUT2D eigenvalue weighted by Gasteiger charge is -2.20. The van der Waals surface area contributed by atoms with Crippen LogP contribution < -0.4 is 19.1 Å². The maximum atomic E-state index is 12.4. The van der Waals surface area contributed by atoms with Crippen LogP contribution in [0.3, 0.4) is 0 Å². The average molecular weight is 706 g/mol. The molecule has 0 atom stereocenters. The Labute approximate surface area is 294 Å². The smallest absolute Gasteiger partial charge is 0.287 e. The number of hydrogen-bond donors (Lipinski definition) is 0. The number of aromatic nitrogens is 3. The minimum absolute atomic E-state index is 0.0768. The van der Waals surface area contributed by atoms with Crippen molar-refractivity contribution in [2.24, 2.45) is 0 Å². The summed E-state index contributed by atoms with van der Waals surface area (Å²) in [5.74, 6) is 1.85. The van der Waals surface area contributed by atoms with Gasteiger partial charge in [0.2, 0.25) is 0 Å². The van der Waals surface area contributed by atoms with E-state index in [0.29, 0.717) is 16.5 Å². The third-order valence-electron chi connectivity index (χ3n) is 8.72. The molecule has 10 nitrogen and oxygen atoms in total. The van der Waals surface area contributed by atoms with Crippen molar-refractivity contribution in [3.8, 4) is 16.6 Å². The summed E-state index contributed by atoms with van der Waals surface area (Å²) in [5.41, 5.74) is 6.00. The van der Waals surface area contributed by atoms with E-state index in [1.54, 1.807) is 6.07 Å². The molecule has 0 saturated heterocycles. The predicted molar refractivity (Wildman–Crippen MR) is 197 cm³/mol. The summed E-state index contributed by atoms with van der Waals surface area (Å²) in [6, 6.07) is 29.4. The number of ether oxygens (including phenoxy) is 1. The topological polar surface area (TPSA) is 112 Å². The van der Waals surface area contributed by atoms with E-state index in [4.69, 9.17) is 4.74 Å². The zero-order valence-corrected chi connectivity index (χ0v) is 29.4. The molecule has 2 aromatic heterocycles. The molecular weight excluding hydrogens is 671 g/mol. The molecule has 0 spiro atoms. The van der Waals surface area contributed by atoms with Crippen LogP contribution in [0, 0.1) is 0 Å². The number of hydrogen-bond acceptors (Lipinski definition) is 9. The number of nitrogens with zero attached hydrogens (tertiary/aromatic N) is 5. The molecule has 4 aromatic carbocycles. The Morgan fingerprint density at radius 3 is 2.52 bits per heavy atom. The monoisotopic (exact) mass is 705 g/mol. The van der Waals surface area contributed by atoms with Crippen molar-refractivity contribution in [3.63, 3.8) is 0 Å². The zero-order valence-electron chi connectivity index (χ0n) is 27.8. The van der Waals surface area contributed by atoms with Gasteiger partial charge in [0.15, 0.2) is 16.8 Å². The number of allylic oxidation sites excluding steroid dienone is 2. The molecule has 6 aromatic rings. The number of aryl methyl sites for hydroxylation is 1. The Morgan fingerprint density at radius 2 is 1.78 bits per heavy atom. The molecule has 1 aliphatic heterocycles. The van der Waals surface area contributed by atoms with Crippen molar-refractivity contribution in [2.45, 2.75) is 26.8 Å². The van der Waals surface area contributed by atoms with E-state index in [2.05, 4.69) is 32.3 Å². The van der Waals surface area contributed by atoms with Crippen molar-refractivity contribution in [2.75, 3.05) is 29.1 Å². The van der Waals surface area contributed by atoms with Gasteiger partial charge in [0.05, 0.1) is 38.3 Å². The number of anilines is 2. The number of thiazole rings is 1. The Hall–Kier alpha value is -5.30. The Kier molecular flexibility index (Phi) is 9.00. The van der Waals surface area contributed by atoms with Gasteiger partial charge in [-0.1, -0.05) is 47.7 Å². The second-order valence-electron chi connectivity index (χ2n) is 11.9. The van der Waals surface area contributed by atoms with Crippen LogP contribution in [0.4, 0.5) is 11.4 Å². The number of rotatable bonds is 11. The molecule has 0 aliphatic carbocycles. The van der Waals surface area contributed by atoms with Gasteiger partial charge in [0, 0.05) is 43.1 Å². The number of carbonyl (C=O) groups excluding carboxylic acids is 1. The van der Waals surface area contributed by atoms with Crippen molar-refractivity contribution in [1.82, 2.24) is 9.55 Å². The lowest BCUT2D eigenvalue weighted by atomic mass is 10.1. The van der Waals surface area contributed by atoms with Gasteiger partial charge in [0.1, 0.15) is 17.3 Å².